The Morgan fingerprint density at radius 2 is 1.84 bits per heavy atom. The van der Waals surface area contributed by atoms with E-state index in [0.29, 0.717) is 12.3 Å². The van der Waals surface area contributed by atoms with Gasteiger partial charge in [-0.15, -0.1) is 0 Å². The molecule has 1 saturated heterocycles. The Hall–Kier alpha value is -3.32. The third-order valence-corrected chi connectivity index (χ3v) is 5.88. The zero-order valence-electron chi connectivity index (χ0n) is 18.5. The fourth-order valence-corrected chi connectivity index (χ4v) is 4.17. The van der Waals surface area contributed by atoms with Crippen molar-refractivity contribution in [3.05, 3.63) is 65.9 Å². The van der Waals surface area contributed by atoms with E-state index < -0.39 is 0 Å². The molecule has 1 aromatic heterocycles. The lowest BCUT2D eigenvalue weighted by atomic mass is 10.00. The van der Waals surface area contributed by atoms with E-state index >= 15 is 0 Å². The average molecular weight is 436 g/mol. The normalized spacial score (nSPS) is 15.2. The maximum absolute atomic E-state index is 12.9. The fourth-order valence-electron chi connectivity index (χ4n) is 4.17. The molecule has 3 aromatic rings. The molecule has 1 amide bonds. The molecule has 1 atom stereocenters. The third-order valence-electron chi connectivity index (χ3n) is 5.88. The first-order chi connectivity index (χ1) is 15.7. The lowest BCUT2D eigenvalue weighted by molar-refractivity contribution is 0.0914. The van der Waals surface area contributed by atoms with Gasteiger partial charge in [-0.3, -0.25) is 9.69 Å². The number of amides is 1. The molecule has 1 aliphatic rings. The lowest BCUT2D eigenvalue weighted by Gasteiger charge is -2.35. The van der Waals surface area contributed by atoms with E-state index in [0.717, 1.165) is 48.6 Å². The largest absolute Gasteiger partial charge is 0.497 e. The molecule has 2 aromatic carbocycles. The maximum atomic E-state index is 12.9. The SMILES string of the molecule is COc1ccc(OC)c([C@H](CNC(=O)c2cc(-c3ccccc3)on2)N2CCCCC2)c1. The Labute approximate surface area is 188 Å². The van der Waals surface area contributed by atoms with Gasteiger partial charge in [0, 0.05) is 23.7 Å². The van der Waals surface area contributed by atoms with Crippen LogP contribution in [0.25, 0.3) is 11.3 Å². The highest BCUT2D eigenvalue weighted by Gasteiger charge is 2.27. The molecule has 0 radical (unpaired) electrons. The van der Waals surface area contributed by atoms with Crippen molar-refractivity contribution in [3.63, 3.8) is 0 Å². The summed E-state index contributed by atoms with van der Waals surface area (Å²) in [5.41, 5.74) is 2.14. The smallest absolute Gasteiger partial charge is 0.273 e. The summed E-state index contributed by atoms with van der Waals surface area (Å²) in [6.07, 6.45) is 3.51. The van der Waals surface area contributed by atoms with Crippen LogP contribution >= 0.6 is 0 Å². The van der Waals surface area contributed by atoms with E-state index in [1.54, 1.807) is 20.3 Å². The van der Waals surface area contributed by atoms with Gasteiger partial charge in [0.2, 0.25) is 0 Å². The van der Waals surface area contributed by atoms with Crippen LogP contribution in [0, 0.1) is 0 Å². The molecular formula is C25H29N3O4. The van der Waals surface area contributed by atoms with Gasteiger partial charge in [0.15, 0.2) is 11.5 Å². The average Bonchev–Trinajstić information content (AvgIpc) is 3.36. The van der Waals surface area contributed by atoms with E-state index in [4.69, 9.17) is 14.0 Å². The van der Waals surface area contributed by atoms with Gasteiger partial charge in [-0.2, -0.15) is 0 Å². The van der Waals surface area contributed by atoms with Crippen LogP contribution < -0.4 is 14.8 Å². The molecule has 0 spiro atoms. The third kappa shape index (κ3) is 4.94. The molecule has 0 saturated carbocycles. The van der Waals surface area contributed by atoms with Crippen molar-refractivity contribution in [2.45, 2.75) is 25.3 Å². The molecule has 32 heavy (non-hydrogen) atoms. The van der Waals surface area contributed by atoms with Crippen LogP contribution in [-0.2, 0) is 0 Å². The Morgan fingerprint density at radius 1 is 1.06 bits per heavy atom. The van der Waals surface area contributed by atoms with E-state index in [1.165, 1.54) is 6.42 Å². The van der Waals surface area contributed by atoms with Crippen LogP contribution in [0.2, 0.25) is 0 Å². The Balaban J connectivity index is 1.53. The molecule has 0 unspecified atom stereocenters. The zero-order chi connectivity index (χ0) is 22.3. The second-order valence-electron chi connectivity index (χ2n) is 7.87. The first-order valence-electron chi connectivity index (χ1n) is 11.0. The second-order valence-corrected chi connectivity index (χ2v) is 7.87. The summed E-state index contributed by atoms with van der Waals surface area (Å²) in [4.78, 5) is 15.3. The Kier molecular flexibility index (Phi) is 7.07. The van der Waals surface area contributed by atoms with Gasteiger partial charge in [-0.1, -0.05) is 41.9 Å². The van der Waals surface area contributed by atoms with Crippen LogP contribution in [-0.4, -0.2) is 49.8 Å². The molecule has 1 fully saturated rings. The summed E-state index contributed by atoms with van der Waals surface area (Å²) in [6, 6.07) is 17.0. The fraction of sp³-hybridized carbons (Fsp3) is 0.360. The molecule has 0 aliphatic carbocycles. The van der Waals surface area contributed by atoms with Crippen molar-refractivity contribution in [1.29, 1.82) is 0 Å². The highest BCUT2D eigenvalue weighted by Crippen LogP contribution is 2.34. The molecule has 1 aliphatic heterocycles. The summed E-state index contributed by atoms with van der Waals surface area (Å²) in [6.45, 7) is 2.38. The number of methoxy groups -OCH3 is 2. The van der Waals surface area contributed by atoms with E-state index in [2.05, 4.69) is 15.4 Å². The van der Waals surface area contributed by atoms with Gasteiger partial charge in [-0.25, -0.2) is 0 Å². The molecule has 2 heterocycles. The number of nitrogens with zero attached hydrogens (tertiary/aromatic N) is 2. The molecule has 0 bridgehead atoms. The summed E-state index contributed by atoms with van der Waals surface area (Å²) < 4.78 is 16.5. The topological polar surface area (TPSA) is 76.8 Å². The van der Waals surface area contributed by atoms with Crippen LogP contribution in [0.15, 0.2) is 59.1 Å². The Morgan fingerprint density at radius 3 is 2.56 bits per heavy atom. The molecule has 4 rings (SSSR count). The van der Waals surface area contributed by atoms with Crippen LogP contribution in [0.1, 0.15) is 41.4 Å². The quantitative estimate of drug-likeness (QED) is 0.568. The molecule has 168 valence electrons. The second kappa shape index (κ2) is 10.3. The minimum atomic E-state index is -0.264. The standard InChI is InChI=1S/C25H29N3O4/c1-30-19-11-12-23(31-2)20(15-19)22(28-13-7-4-8-14-28)17-26-25(29)21-16-24(32-27-21)18-9-5-3-6-10-18/h3,5-6,9-12,15-16,22H,4,7-8,13-14,17H2,1-2H3,(H,26,29)/t22-/m0/s1. The van der Waals surface area contributed by atoms with E-state index in [-0.39, 0.29) is 17.6 Å². The molecule has 7 nitrogen and oxygen atoms in total. The predicted octanol–water partition coefficient (Wildman–Crippen LogP) is 4.32. The maximum Gasteiger partial charge on any atom is 0.273 e. The summed E-state index contributed by atoms with van der Waals surface area (Å²) in [7, 11) is 3.32. The number of piperidine rings is 1. The number of aromatic nitrogens is 1. The van der Waals surface area contributed by atoms with Crippen molar-refractivity contribution in [2.24, 2.45) is 0 Å². The van der Waals surface area contributed by atoms with Gasteiger partial charge in [0.1, 0.15) is 11.5 Å². The van der Waals surface area contributed by atoms with Crippen molar-refractivity contribution >= 4 is 5.91 Å². The molecular weight excluding hydrogens is 406 g/mol. The first-order valence-corrected chi connectivity index (χ1v) is 11.0. The van der Waals surface area contributed by atoms with Crippen LogP contribution in [0.5, 0.6) is 11.5 Å². The Bertz CT molecular complexity index is 1030. The van der Waals surface area contributed by atoms with Gasteiger partial charge < -0.3 is 19.3 Å². The van der Waals surface area contributed by atoms with Crippen LogP contribution in [0.3, 0.4) is 0 Å². The number of benzene rings is 2. The first kappa shape index (κ1) is 21.9. The number of likely N-dealkylation sites (tertiary alicyclic amines) is 1. The highest BCUT2D eigenvalue weighted by molar-refractivity contribution is 5.93. The van der Waals surface area contributed by atoms with Crippen molar-refractivity contribution < 1.29 is 18.8 Å². The number of carbonyl (C=O) groups is 1. The van der Waals surface area contributed by atoms with Crippen molar-refractivity contribution in [2.75, 3.05) is 33.9 Å². The van der Waals surface area contributed by atoms with Gasteiger partial charge in [-0.05, 0) is 44.1 Å². The number of rotatable bonds is 8. The van der Waals surface area contributed by atoms with E-state index in [1.807, 2.05) is 48.5 Å². The van der Waals surface area contributed by atoms with Gasteiger partial charge >= 0.3 is 0 Å². The number of hydrogen-bond acceptors (Lipinski definition) is 6. The van der Waals surface area contributed by atoms with Crippen LogP contribution in [0.4, 0.5) is 0 Å². The van der Waals surface area contributed by atoms with E-state index in [9.17, 15) is 4.79 Å². The lowest BCUT2D eigenvalue weighted by Crippen LogP contribution is -2.40. The summed E-state index contributed by atoms with van der Waals surface area (Å²) in [5, 5.41) is 7.02. The minimum Gasteiger partial charge on any atom is -0.497 e. The number of ether oxygens (including phenoxy) is 2. The zero-order valence-corrected chi connectivity index (χ0v) is 18.5. The number of nitrogens with one attached hydrogen (secondary N) is 1. The molecule has 7 heteroatoms. The monoisotopic (exact) mass is 435 g/mol. The number of carbonyl (C=O) groups excluding carboxylic acids is 1. The van der Waals surface area contributed by atoms with Gasteiger partial charge in [0.25, 0.3) is 5.91 Å². The predicted molar refractivity (Wildman–Crippen MR) is 122 cm³/mol. The summed E-state index contributed by atoms with van der Waals surface area (Å²) >= 11 is 0. The summed E-state index contributed by atoms with van der Waals surface area (Å²) in [5.74, 6) is 1.85. The van der Waals surface area contributed by atoms with Crippen molar-refractivity contribution in [1.82, 2.24) is 15.4 Å². The van der Waals surface area contributed by atoms with Crippen molar-refractivity contribution in [3.8, 4) is 22.8 Å². The number of hydrogen-bond donors (Lipinski definition) is 1. The molecule has 1 N–H and O–H groups in total. The minimum absolute atomic E-state index is 0.0372. The highest BCUT2D eigenvalue weighted by atomic mass is 16.5. The van der Waals surface area contributed by atoms with Gasteiger partial charge in [0.05, 0.1) is 20.3 Å².